The van der Waals surface area contributed by atoms with Crippen LogP contribution in [0.3, 0.4) is 0 Å². The highest BCUT2D eigenvalue weighted by Gasteiger charge is 2.30. The number of hydrogen-bond donors (Lipinski definition) is 2. The lowest BCUT2D eigenvalue weighted by Crippen LogP contribution is -2.40. The van der Waals surface area contributed by atoms with Crippen molar-refractivity contribution in [2.75, 3.05) is 40.0 Å². The molecule has 0 saturated heterocycles. The third-order valence-electron chi connectivity index (χ3n) is 3.84. The van der Waals surface area contributed by atoms with Gasteiger partial charge in [-0.15, -0.1) is 0 Å². The highest BCUT2D eigenvalue weighted by Crippen LogP contribution is 2.30. The number of hydrogen-bond acceptors (Lipinski definition) is 3. The van der Waals surface area contributed by atoms with Gasteiger partial charge in [0.15, 0.2) is 5.96 Å². The number of guanidine groups is 1. The van der Waals surface area contributed by atoms with Crippen LogP contribution >= 0.6 is 0 Å². The van der Waals surface area contributed by atoms with E-state index >= 15 is 0 Å². The van der Waals surface area contributed by atoms with Crippen LogP contribution in [0.4, 0.5) is 13.2 Å². The Balaban J connectivity index is 2.33. The van der Waals surface area contributed by atoms with Gasteiger partial charge < -0.3 is 20.1 Å². The third kappa shape index (κ3) is 9.63. The molecule has 1 unspecified atom stereocenters. The van der Waals surface area contributed by atoms with Gasteiger partial charge in [0.05, 0.1) is 31.4 Å². The topological polar surface area (TPSA) is 54.9 Å². The monoisotopic (exact) mass is 389 g/mol. The Labute approximate surface area is 159 Å². The molecule has 0 amide bonds. The SMILES string of the molecule is CCCCOCCOCCNC(=NC)NC(C)c1cccc(C(F)(F)F)c1. The van der Waals surface area contributed by atoms with Crippen molar-refractivity contribution in [1.29, 1.82) is 0 Å². The first kappa shape index (κ1) is 23.2. The molecule has 0 aliphatic carbocycles. The minimum atomic E-state index is -4.35. The van der Waals surface area contributed by atoms with E-state index in [0.717, 1.165) is 31.6 Å². The summed E-state index contributed by atoms with van der Waals surface area (Å²) in [6.07, 6.45) is -2.20. The zero-order valence-corrected chi connectivity index (χ0v) is 16.2. The summed E-state index contributed by atoms with van der Waals surface area (Å²) in [6, 6.07) is 4.94. The molecule has 1 rings (SSSR count). The summed E-state index contributed by atoms with van der Waals surface area (Å²) in [6.45, 7) is 6.76. The van der Waals surface area contributed by atoms with E-state index in [0.29, 0.717) is 37.9 Å². The largest absolute Gasteiger partial charge is 0.416 e. The minimum Gasteiger partial charge on any atom is -0.379 e. The highest BCUT2D eigenvalue weighted by molar-refractivity contribution is 5.80. The zero-order valence-electron chi connectivity index (χ0n) is 16.2. The summed E-state index contributed by atoms with van der Waals surface area (Å²) in [5, 5.41) is 6.16. The Kier molecular flexibility index (Phi) is 10.8. The van der Waals surface area contributed by atoms with Gasteiger partial charge in [-0.2, -0.15) is 13.2 Å². The van der Waals surface area contributed by atoms with Crippen LogP contribution in [-0.2, 0) is 15.7 Å². The van der Waals surface area contributed by atoms with Crippen molar-refractivity contribution >= 4 is 5.96 Å². The van der Waals surface area contributed by atoms with Gasteiger partial charge in [0.25, 0.3) is 0 Å². The number of unbranched alkanes of at least 4 members (excludes halogenated alkanes) is 1. The molecule has 1 aromatic carbocycles. The molecular weight excluding hydrogens is 359 g/mol. The summed E-state index contributed by atoms with van der Waals surface area (Å²) in [5.41, 5.74) is -0.126. The lowest BCUT2D eigenvalue weighted by molar-refractivity contribution is -0.137. The Morgan fingerprint density at radius 2 is 1.85 bits per heavy atom. The molecule has 154 valence electrons. The standard InChI is InChI=1S/C19H30F3N3O2/c1-4-5-10-26-12-13-27-11-9-24-18(23-3)25-15(2)16-7-6-8-17(14-16)19(20,21)22/h6-8,14-15H,4-5,9-13H2,1-3H3,(H2,23,24,25). The molecule has 0 spiro atoms. The van der Waals surface area contributed by atoms with E-state index in [1.54, 1.807) is 20.0 Å². The highest BCUT2D eigenvalue weighted by atomic mass is 19.4. The number of halogens is 3. The number of nitrogens with zero attached hydrogens (tertiary/aromatic N) is 1. The van der Waals surface area contributed by atoms with Gasteiger partial charge in [-0.25, -0.2) is 0 Å². The maximum Gasteiger partial charge on any atom is 0.416 e. The number of rotatable bonds is 11. The van der Waals surface area contributed by atoms with Crippen molar-refractivity contribution in [3.8, 4) is 0 Å². The predicted molar refractivity (Wildman–Crippen MR) is 101 cm³/mol. The van der Waals surface area contributed by atoms with Crippen LogP contribution in [0, 0.1) is 0 Å². The Morgan fingerprint density at radius 3 is 2.48 bits per heavy atom. The van der Waals surface area contributed by atoms with E-state index < -0.39 is 11.7 Å². The number of aliphatic imine (C=N–C) groups is 1. The number of benzene rings is 1. The normalized spacial score (nSPS) is 13.5. The zero-order chi connectivity index (χ0) is 20.1. The van der Waals surface area contributed by atoms with E-state index in [2.05, 4.69) is 22.5 Å². The van der Waals surface area contributed by atoms with Gasteiger partial charge in [0, 0.05) is 20.2 Å². The first-order chi connectivity index (χ1) is 12.9. The molecule has 0 aromatic heterocycles. The molecule has 0 heterocycles. The van der Waals surface area contributed by atoms with Crippen LogP contribution in [0.15, 0.2) is 29.3 Å². The second-order valence-corrected chi connectivity index (χ2v) is 6.07. The molecule has 0 radical (unpaired) electrons. The van der Waals surface area contributed by atoms with Crippen LogP contribution in [0.5, 0.6) is 0 Å². The molecule has 1 aromatic rings. The fourth-order valence-electron chi connectivity index (χ4n) is 2.28. The van der Waals surface area contributed by atoms with Gasteiger partial charge in [-0.1, -0.05) is 25.5 Å². The quantitative estimate of drug-likeness (QED) is 0.344. The van der Waals surface area contributed by atoms with Crippen LogP contribution in [0.1, 0.15) is 43.9 Å². The van der Waals surface area contributed by atoms with Crippen molar-refractivity contribution < 1.29 is 22.6 Å². The van der Waals surface area contributed by atoms with Gasteiger partial charge in [0.1, 0.15) is 0 Å². The van der Waals surface area contributed by atoms with Crippen LogP contribution in [0.2, 0.25) is 0 Å². The summed E-state index contributed by atoms with van der Waals surface area (Å²) in [7, 11) is 1.61. The van der Waals surface area contributed by atoms with E-state index in [1.165, 1.54) is 6.07 Å². The minimum absolute atomic E-state index is 0.327. The maximum atomic E-state index is 12.8. The van der Waals surface area contributed by atoms with Crippen LogP contribution in [-0.4, -0.2) is 46.0 Å². The molecule has 5 nitrogen and oxygen atoms in total. The smallest absolute Gasteiger partial charge is 0.379 e. The first-order valence-electron chi connectivity index (χ1n) is 9.18. The molecule has 8 heteroatoms. The number of nitrogens with one attached hydrogen (secondary N) is 2. The summed E-state index contributed by atoms with van der Waals surface area (Å²) in [5.74, 6) is 0.503. The number of ether oxygens (including phenoxy) is 2. The maximum absolute atomic E-state index is 12.8. The third-order valence-corrected chi connectivity index (χ3v) is 3.84. The molecule has 0 fully saturated rings. The second-order valence-electron chi connectivity index (χ2n) is 6.07. The van der Waals surface area contributed by atoms with Crippen LogP contribution in [0.25, 0.3) is 0 Å². The molecule has 0 aliphatic heterocycles. The van der Waals surface area contributed by atoms with Crippen LogP contribution < -0.4 is 10.6 Å². The summed E-state index contributed by atoms with van der Waals surface area (Å²) < 4.78 is 49.4. The average Bonchev–Trinajstić information content (AvgIpc) is 2.65. The van der Waals surface area contributed by atoms with Gasteiger partial charge in [-0.05, 0) is 31.0 Å². The molecule has 2 N–H and O–H groups in total. The summed E-state index contributed by atoms with van der Waals surface area (Å²) in [4.78, 5) is 4.08. The van der Waals surface area contributed by atoms with Gasteiger partial charge >= 0.3 is 6.18 Å². The van der Waals surface area contributed by atoms with Crippen molar-refractivity contribution in [3.05, 3.63) is 35.4 Å². The van der Waals surface area contributed by atoms with Crippen molar-refractivity contribution in [1.82, 2.24) is 10.6 Å². The van der Waals surface area contributed by atoms with Crippen molar-refractivity contribution in [3.63, 3.8) is 0 Å². The lowest BCUT2D eigenvalue weighted by atomic mass is 10.1. The number of alkyl halides is 3. The molecule has 0 saturated carbocycles. The van der Waals surface area contributed by atoms with Crippen molar-refractivity contribution in [2.24, 2.45) is 4.99 Å². The van der Waals surface area contributed by atoms with Crippen molar-refractivity contribution in [2.45, 2.75) is 38.9 Å². The Morgan fingerprint density at radius 1 is 1.15 bits per heavy atom. The second kappa shape index (κ2) is 12.6. The molecular formula is C19H30F3N3O2. The van der Waals surface area contributed by atoms with Gasteiger partial charge in [0.2, 0.25) is 0 Å². The summed E-state index contributed by atoms with van der Waals surface area (Å²) >= 11 is 0. The molecule has 1 atom stereocenters. The van der Waals surface area contributed by atoms with E-state index in [1.807, 2.05) is 0 Å². The first-order valence-corrected chi connectivity index (χ1v) is 9.18. The predicted octanol–water partition coefficient (Wildman–Crippen LogP) is 3.76. The lowest BCUT2D eigenvalue weighted by Gasteiger charge is -2.19. The molecule has 0 aliphatic rings. The van der Waals surface area contributed by atoms with E-state index in [9.17, 15) is 13.2 Å². The Hall–Kier alpha value is -1.80. The average molecular weight is 389 g/mol. The van der Waals surface area contributed by atoms with E-state index in [4.69, 9.17) is 9.47 Å². The fourth-order valence-corrected chi connectivity index (χ4v) is 2.28. The van der Waals surface area contributed by atoms with E-state index in [-0.39, 0.29) is 6.04 Å². The fraction of sp³-hybridized carbons (Fsp3) is 0.632. The Bertz CT molecular complexity index is 565. The van der Waals surface area contributed by atoms with Gasteiger partial charge in [-0.3, -0.25) is 4.99 Å². The molecule has 27 heavy (non-hydrogen) atoms. The molecule has 0 bridgehead atoms.